The molecule has 1 rings (SSSR count). The van der Waals surface area contributed by atoms with Gasteiger partial charge < -0.3 is 9.22 Å². The smallest absolute Gasteiger partial charge is 0.136 e. The van der Waals surface area contributed by atoms with Crippen molar-refractivity contribution in [2.75, 3.05) is 27.2 Å². The minimum atomic E-state index is 0.729. The lowest BCUT2D eigenvalue weighted by atomic mass is 10.0. The summed E-state index contributed by atoms with van der Waals surface area (Å²) in [6.45, 7) is 8.65. The van der Waals surface area contributed by atoms with Crippen LogP contribution < -0.4 is 0 Å². The highest BCUT2D eigenvalue weighted by Crippen LogP contribution is 2.15. The topological polar surface area (TPSA) is 9.23 Å². The maximum atomic E-state index is 5.28. The summed E-state index contributed by atoms with van der Waals surface area (Å²) in [6.07, 6.45) is 16.8. The van der Waals surface area contributed by atoms with Crippen molar-refractivity contribution in [1.29, 1.82) is 0 Å². The molecule has 0 fully saturated rings. The molecule has 0 radical (unpaired) electrons. The number of nitrogens with zero attached hydrogens (tertiary/aromatic N) is 1. The monoisotopic (exact) mass is 374 g/mol. The Hall–Kier alpha value is -1.28. The van der Waals surface area contributed by atoms with Crippen LogP contribution in [-0.2, 0) is 17.7 Å². The van der Waals surface area contributed by atoms with Gasteiger partial charge in [-0.2, -0.15) is 0 Å². The number of aryl methyl sites for hydroxylation is 1. The third kappa shape index (κ3) is 12.7. The highest BCUT2D eigenvalue weighted by atomic mass is 16.5. The van der Waals surface area contributed by atoms with Crippen LogP contribution in [0.25, 0.3) is 0 Å². The minimum Gasteiger partial charge on any atom is -0.496 e. The van der Waals surface area contributed by atoms with Gasteiger partial charge in [-0.25, -0.2) is 0 Å². The third-order valence-corrected chi connectivity index (χ3v) is 5.38. The molecule has 0 N–H and O–H groups in total. The Morgan fingerprint density at radius 3 is 1.89 bits per heavy atom. The van der Waals surface area contributed by atoms with Gasteiger partial charge in [0.25, 0.3) is 0 Å². The van der Waals surface area contributed by atoms with E-state index in [9.17, 15) is 0 Å². The van der Waals surface area contributed by atoms with E-state index in [0.29, 0.717) is 0 Å². The fourth-order valence-corrected chi connectivity index (χ4v) is 3.58. The first-order chi connectivity index (χ1) is 13.1. The van der Waals surface area contributed by atoms with Crippen molar-refractivity contribution in [3.05, 3.63) is 48.2 Å². The Morgan fingerprint density at radius 1 is 0.815 bits per heavy atom. The molecule has 27 heavy (non-hydrogen) atoms. The van der Waals surface area contributed by atoms with Gasteiger partial charge in [0, 0.05) is 5.56 Å². The molecule has 0 aromatic heterocycles. The fraction of sp³-hybridized carbons (Fsp3) is 0.680. The molecule has 1 aromatic rings. The molecule has 2 nitrogen and oxygen atoms in total. The van der Waals surface area contributed by atoms with Crippen LogP contribution in [0.4, 0.5) is 0 Å². The Balaban J connectivity index is 2.13. The molecular weight excluding hydrogens is 330 g/mol. The predicted octanol–water partition coefficient (Wildman–Crippen LogP) is 6.89. The molecule has 0 atom stereocenters. The zero-order chi connectivity index (χ0) is 19.8. The Morgan fingerprint density at radius 2 is 1.33 bits per heavy atom. The lowest BCUT2D eigenvalue weighted by Gasteiger charge is -2.29. The van der Waals surface area contributed by atoms with Crippen molar-refractivity contribution >= 4 is 0 Å². The maximum absolute atomic E-state index is 5.28. The molecular formula is C25H44NO+. The summed E-state index contributed by atoms with van der Waals surface area (Å²) in [5.74, 6) is 0. The quantitative estimate of drug-likeness (QED) is 0.164. The molecule has 0 heterocycles. The van der Waals surface area contributed by atoms with Gasteiger partial charge >= 0.3 is 0 Å². The zero-order valence-corrected chi connectivity index (χ0v) is 18.3. The van der Waals surface area contributed by atoms with Crippen molar-refractivity contribution in [3.8, 4) is 0 Å². The molecule has 154 valence electrons. The van der Waals surface area contributed by atoms with Crippen LogP contribution in [-0.4, -0.2) is 31.7 Å². The number of unbranched alkanes of at least 4 members (excludes halogenated alkanes) is 9. The molecule has 0 aliphatic rings. The number of rotatable bonds is 17. The summed E-state index contributed by atoms with van der Waals surface area (Å²) >= 11 is 0. The van der Waals surface area contributed by atoms with E-state index in [1.165, 1.54) is 88.0 Å². The number of quaternary nitrogens is 1. The van der Waals surface area contributed by atoms with Crippen molar-refractivity contribution in [2.24, 2.45) is 0 Å². The van der Waals surface area contributed by atoms with Gasteiger partial charge in [0.05, 0.1) is 20.4 Å². The van der Waals surface area contributed by atoms with Gasteiger partial charge in [0.1, 0.15) is 19.7 Å². The predicted molar refractivity (Wildman–Crippen MR) is 119 cm³/mol. The zero-order valence-electron chi connectivity index (χ0n) is 18.3. The molecule has 0 amide bonds. The first-order valence-corrected chi connectivity index (χ1v) is 11.2. The fourth-order valence-electron chi connectivity index (χ4n) is 3.58. The minimum absolute atomic E-state index is 0.729. The van der Waals surface area contributed by atoms with E-state index in [2.05, 4.69) is 51.9 Å². The van der Waals surface area contributed by atoms with Crippen molar-refractivity contribution in [3.63, 3.8) is 0 Å². The van der Waals surface area contributed by atoms with Gasteiger partial charge in [-0.1, -0.05) is 95.6 Å². The van der Waals surface area contributed by atoms with E-state index in [1.54, 1.807) is 0 Å². The number of benzene rings is 1. The van der Waals surface area contributed by atoms with E-state index in [4.69, 9.17) is 4.74 Å². The van der Waals surface area contributed by atoms with E-state index in [-0.39, 0.29) is 0 Å². The van der Waals surface area contributed by atoms with Crippen LogP contribution >= 0.6 is 0 Å². The average Bonchev–Trinajstić information content (AvgIpc) is 2.64. The van der Waals surface area contributed by atoms with Crippen LogP contribution in [0.5, 0.6) is 0 Å². The lowest BCUT2D eigenvalue weighted by molar-refractivity contribution is -0.903. The SMILES string of the molecule is C=COCC[N+](C)(C)Cc1ccc(CCCCCCCCCCCC)cc1. The van der Waals surface area contributed by atoms with Crippen molar-refractivity contribution < 1.29 is 9.22 Å². The third-order valence-electron chi connectivity index (χ3n) is 5.38. The van der Waals surface area contributed by atoms with Gasteiger partial charge in [0.2, 0.25) is 0 Å². The average molecular weight is 375 g/mol. The molecule has 0 saturated carbocycles. The Bertz CT molecular complexity index is 478. The summed E-state index contributed by atoms with van der Waals surface area (Å²) in [5.41, 5.74) is 2.89. The largest absolute Gasteiger partial charge is 0.496 e. The van der Waals surface area contributed by atoms with Crippen LogP contribution in [0.15, 0.2) is 37.1 Å². The molecule has 0 unspecified atom stereocenters. The molecule has 0 saturated heterocycles. The second-order valence-electron chi connectivity index (χ2n) is 8.60. The summed E-state index contributed by atoms with van der Waals surface area (Å²) in [6, 6.07) is 9.26. The molecule has 0 aliphatic carbocycles. The summed E-state index contributed by atoms with van der Waals surface area (Å²) in [7, 11) is 4.51. The first kappa shape index (κ1) is 23.8. The standard InChI is InChI=1S/C25H44NO/c1-5-7-8-9-10-11-12-13-14-15-16-24-17-19-25(20-18-24)23-26(3,4)21-22-27-6-2/h6,17-20H,2,5,7-16,21-23H2,1,3-4H3/q+1. The number of hydrogen-bond acceptors (Lipinski definition) is 1. The normalized spacial score (nSPS) is 11.5. The maximum Gasteiger partial charge on any atom is 0.136 e. The van der Waals surface area contributed by atoms with Crippen LogP contribution in [0.1, 0.15) is 82.3 Å². The van der Waals surface area contributed by atoms with Gasteiger partial charge in [-0.05, 0) is 18.4 Å². The number of hydrogen-bond donors (Lipinski definition) is 0. The van der Waals surface area contributed by atoms with Gasteiger partial charge in [0.15, 0.2) is 0 Å². The molecule has 1 aromatic carbocycles. The molecule has 0 aliphatic heterocycles. The highest BCUT2D eigenvalue weighted by Gasteiger charge is 2.15. The summed E-state index contributed by atoms with van der Waals surface area (Å²) < 4.78 is 6.21. The van der Waals surface area contributed by atoms with Crippen molar-refractivity contribution in [1.82, 2.24) is 0 Å². The van der Waals surface area contributed by atoms with Crippen LogP contribution in [0, 0.1) is 0 Å². The van der Waals surface area contributed by atoms with Crippen LogP contribution in [0.2, 0.25) is 0 Å². The van der Waals surface area contributed by atoms with E-state index >= 15 is 0 Å². The number of ether oxygens (including phenoxy) is 1. The Kier molecular flexibility index (Phi) is 13.0. The second kappa shape index (κ2) is 14.7. The molecule has 0 spiro atoms. The van der Waals surface area contributed by atoms with Crippen LogP contribution in [0.3, 0.4) is 0 Å². The highest BCUT2D eigenvalue weighted by molar-refractivity contribution is 5.22. The molecule has 0 bridgehead atoms. The van der Waals surface area contributed by atoms with E-state index < -0.39 is 0 Å². The van der Waals surface area contributed by atoms with Gasteiger partial charge in [-0.15, -0.1) is 0 Å². The lowest BCUT2D eigenvalue weighted by Crippen LogP contribution is -2.41. The Labute approximate surface area is 169 Å². The van der Waals surface area contributed by atoms with E-state index in [1.807, 2.05) is 0 Å². The number of likely N-dealkylation sites (N-methyl/N-ethyl adjacent to an activating group) is 1. The first-order valence-electron chi connectivity index (χ1n) is 11.2. The second-order valence-corrected chi connectivity index (χ2v) is 8.60. The van der Waals surface area contributed by atoms with Gasteiger partial charge in [-0.3, -0.25) is 0 Å². The summed E-state index contributed by atoms with van der Waals surface area (Å²) in [5, 5.41) is 0. The van der Waals surface area contributed by atoms with Crippen molar-refractivity contribution in [2.45, 2.75) is 84.1 Å². The van der Waals surface area contributed by atoms with E-state index in [0.717, 1.165) is 24.2 Å². The summed E-state index contributed by atoms with van der Waals surface area (Å²) in [4.78, 5) is 0. The molecule has 2 heteroatoms.